The standard InChI is InChI=1S/C12H12BrN7O3S/c1-5(8(21)15-11-17-16-10(13)24-11)20-4-14-7-6(20)9(22)19(3)12(23)18(7)2/h4-5H,1-3H3,(H,15,17,21)/t5-/m0/s1. The number of imidazole rings is 1. The molecule has 3 aromatic rings. The van der Waals surface area contributed by atoms with E-state index in [2.05, 4.69) is 36.4 Å². The Balaban J connectivity index is 2.04. The number of nitrogens with one attached hydrogen (secondary N) is 1. The van der Waals surface area contributed by atoms with Crippen LogP contribution in [0.4, 0.5) is 5.13 Å². The Kier molecular flexibility index (Phi) is 4.09. The smallest absolute Gasteiger partial charge is 0.312 e. The molecule has 0 unspecified atom stereocenters. The second-order valence-corrected chi connectivity index (χ2v) is 7.31. The van der Waals surface area contributed by atoms with E-state index in [9.17, 15) is 14.4 Å². The minimum Gasteiger partial charge on any atom is -0.312 e. The van der Waals surface area contributed by atoms with E-state index in [0.29, 0.717) is 9.05 Å². The van der Waals surface area contributed by atoms with Gasteiger partial charge in [-0.3, -0.25) is 24.0 Å². The van der Waals surface area contributed by atoms with E-state index in [-0.39, 0.29) is 17.1 Å². The van der Waals surface area contributed by atoms with E-state index in [1.165, 1.54) is 40.9 Å². The van der Waals surface area contributed by atoms with Gasteiger partial charge in [0.1, 0.15) is 6.04 Å². The first-order valence-electron chi connectivity index (χ1n) is 6.73. The lowest BCUT2D eigenvalue weighted by Gasteiger charge is -2.13. The summed E-state index contributed by atoms with van der Waals surface area (Å²) in [6, 6.07) is -0.733. The van der Waals surface area contributed by atoms with Crippen LogP contribution in [0.25, 0.3) is 11.2 Å². The molecule has 10 nitrogen and oxygen atoms in total. The van der Waals surface area contributed by atoms with Crippen molar-refractivity contribution in [2.75, 3.05) is 5.32 Å². The highest BCUT2D eigenvalue weighted by Crippen LogP contribution is 2.22. The van der Waals surface area contributed by atoms with Crippen molar-refractivity contribution >= 4 is 49.5 Å². The molecule has 3 heterocycles. The van der Waals surface area contributed by atoms with Crippen LogP contribution in [0.2, 0.25) is 0 Å². The van der Waals surface area contributed by atoms with Crippen LogP contribution in [0.5, 0.6) is 0 Å². The Morgan fingerprint density at radius 3 is 2.62 bits per heavy atom. The fraction of sp³-hybridized carbons (Fsp3) is 0.333. The van der Waals surface area contributed by atoms with Gasteiger partial charge < -0.3 is 4.57 Å². The summed E-state index contributed by atoms with van der Waals surface area (Å²) in [6.07, 6.45) is 1.37. The van der Waals surface area contributed by atoms with Gasteiger partial charge in [-0.05, 0) is 22.9 Å². The summed E-state index contributed by atoms with van der Waals surface area (Å²) >= 11 is 4.34. The van der Waals surface area contributed by atoms with Gasteiger partial charge in [-0.2, -0.15) is 0 Å². The molecule has 0 aliphatic heterocycles. The van der Waals surface area contributed by atoms with Gasteiger partial charge in [0.25, 0.3) is 5.56 Å². The van der Waals surface area contributed by atoms with Crippen molar-refractivity contribution < 1.29 is 4.79 Å². The molecular formula is C12H12BrN7O3S. The molecule has 0 spiro atoms. The van der Waals surface area contributed by atoms with Crippen molar-refractivity contribution in [3.05, 3.63) is 31.1 Å². The fourth-order valence-corrected chi connectivity index (χ4v) is 3.26. The van der Waals surface area contributed by atoms with Gasteiger partial charge in [-0.25, -0.2) is 9.78 Å². The van der Waals surface area contributed by atoms with E-state index in [4.69, 9.17) is 0 Å². The number of fused-ring (bicyclic) bond motifs is 1. The average Bonchev–Trinajstić information content (AvgIpc) is 3.16. The monoisotopic (exact) mass is 413 g/mol. The highest BCUT2D eigenvalue weighted by atomic mass is 79.9. The van der Waals surface area contributed by atoms with Crippen LogP contribution >= 0.6 is 27.3 Å². The van der Waals surface area contributed by atoms with Gasteiger partial charge in [0, 0.05) is 14.1 Å². The first-order chi connectivity index (χ1) is 11.3. The fourth-order valence-electron chi connectivity index (χ4n) is 2.25. The molecule has 1 N–H and O–H groups in total. The number of aryl methyl sites for hydroxylation is 1. The van der Waals surface area contributed by atoms with E-state index < -0.39 is 17.3 Å². The van der Waals surface area contributed by atoms with E-state index in [0.717, 1.165) is 4.57 Å². The molecule has 0 aliphatic carbocycles. The lowest BCUT2D eigenvalue weighted by molar-refractivity contribution is -0.118. The summed E-state index contributed by atoms with van der Waals surface area (Å²) in [6.45, 7) is 1.62. The molecule has 1 amide bonds. The summed E-state index contributed by atoms with van der Waals surface area (Å²) < 4.78 is 4.22. The second-order valence-electron chi connectivity index (χ2n) is 5.06. The normalized spacial score (nSPS) is 12.5. The Hall–Kier alpha value is -2.34. The zero-order valence-corrected chi connectivity index (χ0v) is 15.3. The maximum absolute atomic E-state index is 12.4. The Labute approximate surface area is 146 Å². The van der Waals surface area contributed by atoms with Crippen LogP contribution in [0, 0.1) is 0 Å². The van der Waals surface area contributed by atoms with Crippen molar-refractivity contribution in [3.8, 4) is 0 Å². The average molecular weight is 414 g/mol. The summed E-state index contributed by atoms with van der Waals surface area (Å²) in [5.41, 5.74) is -0.584. The topological polar surface area (TPSA) is 117 Å². The lowest BCUT2D eigenvalue weighted by Crippen LogP contribution is -2.38. The molecule has 0 bridgehead atoms. The minimum atomic E-state index is -0.733. The molecule has 1 atom stereocenters. The molecule has 0 aliphatic rings. The van der Waals surface area contributed by atoms with Gasteiger partial charge in [-0.15, -0.1) is 10.2 Å². The third-order valence-electron chi connectivity index (χ3n) is 3.60. The Morgan fingerprint density at radius 1 is 1.29 bits per heavy atom. The number of amides is 1. The maximum Gasteiger partial charge on any atom is 0.332 e. The molecule has 0 saturated heterocycles. The van der Waals surface area contributed by atoms with Crippen LogP contribution in [0.15, 0.2) is 19.8 Å². The quantitative estimate of drug-likeness (QED) is 0.657. The predicted octanol–water partition coefficient (Wildman–Crippen LogP) is 0.247. The molecular weight excluding hydrogens is 402 g/mol. The number of nitrogens with zero attached hydrogens (tertiary/aromatic N) is 6. The molecule has 24 heavy (non-hydrogen) atoms. The highest BCUT2D eigenvalue weighted by Gasteiger charge is 2.22. The second kappa shape index (κ2) is 5.94. The largest absolute Gasteiger partial charge is 0.332 e. The first-order valence-corrected chi connectivity index (χ1v) is 8.34. The molecule has 3 rings (SSSR count). The predicted molar refractivity (Wildman–Crippen MR) is 91.2 cm³/mol. The summed E-state index contributed by atoms with van der Waals surface area (Å²) in [5.74, 6) is -0.381. The lowest BCUT2D eigenvalue weighted by atomic mass is 10.3. The van der Waals surface area contributed by atoms with Crippen molar-refractivity contribution in [2.24, 2.45) is 14.1 Å². The maximum atomic E-state index is 12.4. The number of carbonyl (C=O) groups is 1. The number of hydrogen-bond donors (Lipinski definition) is 1. The van der Waals surface area contributed by atoms with Crippen LogP contribution < -0.4 is 16.6 Å². The van der Waals surface area contributed by atoms with Crippen molar-refractivity contribution in [3.63, 3.8) is 0 Å². The molecule has 0 aromatic carbocycles. The van der Waals surface area contributed by atoms with Crippen LogP contribution in [-0.4, -0.2) is 34.8 Å². The van der Waals surface area contributed by atoms with Crippen LogP contribution in [0.3, 0.4) is 0 Å². The zero-order chi connectivity index (χ0) is 17.6. The van der Waals surface area contributed by atoms with Crippen molar-refractivity contribution in [1.29, 1.82) is 0 Å². The summed E-state index contributed by atoms with van der Waals surface area (Å²) in [7, 11) is 2.90. The molecule has 0 fully saturated rings. The zero-order valence-electron chi connectivity index (χ0n) is 12.8. The summed E-state index contributed by atoms with van der Waals surface area (Å²) in [4.78, 5) is 40.8. The summed E-state index contributed by atoms with van der Waals surface area (Å²) in [5, 5.41) is 10.5. The van der Waals surface area contributed by atoms with Crippen LogP contribution in [0.1, 0.15) is 13.0 Å². The van der Waals surface area contributed by atoms with Gasteiger partial charge in [0.2, 0.25) is 11.0 Å². The Morgan fingerprint density at radius 2 is 2.00 bits per heavy atom. The van der Waals surface area contributed by atoms with E-state index >= 15 is 0 Å². The van der Waals surface area contributed by atoms with Gasteiger partial charge in [0.15, 0.2) is 15.1 Å². The van der Waals surface area contributed by atoms with E-state index in [1.54, 1.807) is 6.92 Å². The molecule has 0 saturated carbocycles. The number of hydrogen-bond acceptors (Lipinski definition) is 7. The third kappa shape index (κ3) is 2.57. The highest BCUT2D eigenvalue weighted by molar-refractivity contribution is 9.11. The SMILES string of the molecule is C[C@@H](C(=O)Nc1nnc(Br)s1)n1cnc2c1c(=O)n(C)c(=O)n2C. The number of carbonyl (C=O) groups excluding carboxylic acids is 1. The molecule has 3 aromatic heterocycles. The first kappa shape index (κ1) is 16.5. The van der Waals surface area contributed by atoms with Gasteiger partial charge >= 0.3 is 5.69 Å². The number of aromatic nitrogens is 6. The molecule has 126 valence electrons. The minimum absolute atomic E-state index is 0.181. The van der Waals surface area contributed by atoms with Gasteiger partial charge in [-0.1, -0.05) is 11.3 Å². The third-order valence-corrected chi connectivity index (χ3v) is 4.87. The number of rotatable bonds is 3. The Bertz CT molecular complexity index is 1060. The molecule has 12 heteroatoms. The van der Waals surface area contributed by atoms with Crippen LogP contribution in [-0.2, 0) is 18.9 Å². The van der Waals surface area contributed by atoms with Gasteiger partial charge in [0.05, 0.1) is 6.33 Å². The number of halogens is 1. The van der Waals surface area contributed by atoms with Crippen molar-refractivity contribution in [1.82, 2.24) is 28.9 Å². The van der Waals surface area contributed by atoms with E-state index in [1.807, 2.05) is 0 Å². The van der Waals surface area contributed by atoms with Crippen molar-refractivity contribution in [2.45, 2.75) is 13.0 Å². The molecule has 0 radical (unpaired) electrons. The number of anilines is 1.